The minimum Gasteiger partial charge on any atom is -0.475 e. The Balaban J connectivity index is 1.62. The Labute approximate surface area is 219 Å². The molecule has 2 N–H and O–H groups in total. The molecule has 3 aromatic rings. The number of carboxylic acid groups (broad SMARTS) is 1. The molecule has 0 amide bonds. The lowest BCUT2D eigenvalue weighted by Crippen LogP contribution is -2.35. The van der Waals surface area contributed by atoms with Crippen molar-refractivity contribution in [2.75, 3.05) is 17.3 Å². The van der Waals surface area contributed by atoms with Gasteiger partial charge in [-0.3, -0.25) is 0 Å². The van der Waals surface area contributed by atoms with Crippen LogP contribution in [0.1, 0.15) is 80.0 Å². The number of imidazole rings is 1. The average molecular weight is 531 g/mol. The number of aromatic nitrogens is 4. The lowest BCUT2D eigenvalue weighted by molar-refractivity contribution is -0.137. The first-order chi connectivity index (χ1) is 18.1. The van der Waals surface area contributed by atoms with Crippen LogP contribution in [0, 0.1) is 5.92 Å². The number of carbonyl (C=O) groups is 1. The van der Waals surface area contributed by atoms with Crippen molar-refractivity contribution in [3.05, 3.63) is 41.2 Å². The molecule has 2 saturated carbocycles. The zero-order valence-electron chi connectivity index (χ0n) is 21.6. The van der Waals surface area contributed by atoms with Crippen LogP contribution in [0.4, 0.5) is 24.9 Å². The number of hydrogen-bond acceptors (Lipinski definition) is 6. The van der Waals surface area contributed by atoms with Crippen molar-refractivity contribution < 1.29 is 23.1 Å². The van der Waals surface area contributed by atoms with E-state index < -0.39 is 17.7 Å². The molecule has 2 fully saturated rings. The quantitative estimate of drug-likeness (QED) is 0.371. The molecule has 2 heterocycles. The van der Waals surface area contributed by atoms with Crippen LogP contribution in [0.15, 0.2) is 24.3 Å². The third kappa shape index (κ3) is 5.28. The Morgan fingerprint density at radius 2 is 1.76 bits per heavy atom. The monoisotopic (exact) mass is 530 g/mol. The van der Waals surface area contributed by atoms with Gasteiger partial charge in [0.05, 0.1) is 12.1 Å². The van der Waals surface area contributed by atoms with Crippen LogP contribution >= 0.6 is 0 Å². The van der Waals surface area contributed by atoms with E-state index in [4.69, 9.17) is 4.98 Å². The van der Waals surface area contributed by atoms with E-state index >= 15 is 0 Å². The Morgan fingerprint density at radius 1 is 1.08 bits per heavy atom. The molecule has 38 heavy (non-hydrogen) atoms. The fraction of sp³-hybridized carbons (Fsp3) is 0.556. The van der Waals surface area contributed by atoms with E-state index in [-0.39, 0.29) is 30.1 Å². The predicted octanol–water partition coefficient (Wildman–Crippen LogP) is 5.96. The highest BCUT2D eigenvalue weighted by atomic mass is 19.4. The molecule has 0 spiro atoms. The molecule has 2 aromatic heterocycles. The van der Waals surface area contributed by atoms with Gasteiger partial charge in [-0.05, 0) is 56.2 Å². The molecular formula is C27H33F3N6O2. The standard InChI is InChI=1S/C27H33F3N6O2/c1-16(18-7-6-8-18)31-22-21-23(33-24(32-22)25(37)38)34-26(35(2)20-9-4-3-5-10-20)36(21)15-17-11-13-19(14-12-17)27(28,29)30/h11-14,16,18,20H,3-10,15H2,1-2H3,(H,37,38)(H,31,32,33)/t16-/m1/s1. The number of anilines is 2. The van der Waals surface area contributed by atoms with Crippen molar-refractivity contribution in [1.29, 1.82) is 0 Å². The second kappa shape index (κ2) is 10.4. The number of halogens is 3. The van der Waals surface area contributed by atoms with Crippen LogP contribution in [-0.2, 0) is 12.7 Å². The molecule has 11 heteroatoms. The van der Waals surface area contributed by atoms with E-state index in [1.165, 1.54) is 25.0 Å². The highest BCUT2D eigenvalue weighted by molar-refractivity contribution is 5.91. The predicted molar refractivity (Wildman–Crippen MR) is 139 cm³/mol. The van der Waals surface area contributed by atoms with Gasteiger partial charge in [0, 0.05) is 19.1 Å². The molecule has 0 radical (unpaired) electrons. The van der Waals surface area contributed by atoms with E-state index in [0.29, 0.717) is 28.8 Å². The number of carboxylic acids is 1. The molecule has 204 valence electrons. The van der Waals surface area contributed by atoms with Crippen molar-refractivity contribution in [3.8, 4) is 0 Å². The third-order valence-electron chi connectivity index (χ3n) is 8.06. The number of benzene rings is 1. The minimum absolute atomic E-state index is 0.0671. The number of fused-ring (bicyclic) bond motifs is 1. The van der Waals surface area contributed by atoms with Crippen molar-refractivity contribution in [3.63, 3.8) is 0 Å². The molecule has 0 unspecified atom stereocenters. The van der Waals surface area contributed by atoms with E-state index in [1.807, 2.05) is 11.6 Å². The summed E-state index contributed by atoms with van der Waals surface area (Å²) in [6.07, 6.45) is 4.37. The fourth-order valence-corrected chi connectivity index (χ4v) is 5.53. The van der Waals surface area contributed by atoms with Gasteiger partial charge in [-0.25, -0.2) is 14.8 Å². The van der Waals surface area contributed by atoms with Crippen LogP contribution in [0.2, 0.25) is 0 Å². The Bertz CT molecular complexity index is 1300. The average Bonchev–Trinajstić information content (AvgIpc) is 3.21. The number of aromatic carboxylic acids is 1. The largest absolute Gasteiger partial charge is 0.475 e. The first-order valence-corrected chi connectivity index (χ1v) is 13.3. The maximum atomic E-state index is 13.2. The zero-order chi connectivity index (χ0) is 27.0. The van der Waals surface area contributed by atoms with Crippen molar-refractivity contribution in [1.82, 2.24) is 19.5 Å². The van der Waals surface area contributed by atoms with Crippen molar-refractivity contribution in [2.24, 2.45) is 5.92 Å². The summed E-state index contributed by atoms with van der Waals surface area (Å²) in [5.41, 5.74) is 0.766. The summed E-state index contributed by atoms with van der Waals surface area (Å²) in [5.74, 6) is -0.140. The fourth-order valence-electron chi connectivity index (χ4n) is 5.53. The molecular weight excluding hydrogens is 497 g/mol. The first kappa shape index (κ1) is 26.2. The molecule has 0 aliphatic heterocycles. The lowest BCUT2D eigenvalue weighted by atomic mass is 9.80. The number of hydrogen-bond donors (Lipinski definition) is 2. The minimum atomic E-state index is -4.41. The molecule has 2 aliphatic carbocycles. The van der Waals surface area contributed by atoms with Gasteiger partial charge in [0.1, 0.15) is 5.52 Å². The smallest absolute Gasteiger partial charge is 0.416 e. The maximum absolute atomic E-state index is 13.2. The topological polar surface area (TPSA) is 96.2 Å². The normalized spacial score (nSPS) is 17.8. The summed E-state index contributed by atoms with van der Waals surface area (Å²) in [7, 11) is 1.97. The molecule has 0 bridgehead atoms. The van der Waals surface area contributed by atoms with Gasteiger partial charge in [0.25, 0.3) is 0 Å². The van der Waals surface area contributed by atoms with Gasteiger partial charge in [0.2, 0.25) is 11.8 Å². The second-order valence-electron chi connectivity index (χ2n) is 10.6. The van der Waals surface area contributed by atoms with E-state index in [2.05, 4.69) is 27.1 Å². The second-order valence-corrected chi connectivity index (χ2v) is 10.6. The summed E-state index contributed by atoms with van der Waals surface area (Å²) in [6, 6.07) is 5.42. The van der Waals surface area contributed by atoms with Gasteiger partial charge >= 0.3 is 12.1 Å². The van der Waals surface area contributed by atoms with Crippen LogP contribution in [0.5, 0.6) is 0 Å². The van der Waals surface area contributed by atoms with E-state index in [9.17, 15) is 23.1 Å². The molecule has 5 rings (SSSR count). The molecule has 8 nitrogen and oxygen atoms in total. The van der Waals surface area contributed by atoms with Gasteiger partial charge in [-0.15, -0.1) is 0 Å². The first-order valence-electron chi connectivity index (χ1n) is 13.3. The highest BCUT2D eigenvalue weighted by Gasteiger charge is 2.31. The molecule has 1 aromatic carbocycles. The van der Waals surface area contributed by atoms with Gasteiger partial charge in [-0.1, -0.05) is 37.8 Å². The SMILES string of the molecule is C[C@@H](Nc1nc(C(=O)O)nc2nc(N(C)C3CCCCC3)n(Cc3ccc(C(F)(F)F)cc3)c12)C1CCC1. The number of alkyl halides is 3. The maximum Gasteiger partial charge on any atom is 0.416 e. The number of nitrogens with zero attached hydrogens (tertiary/aromatic N) is 5. The van der Waals surface area contributed by atoms with E-state index in [1.54, 1.807) is 0 Å². The number of rotatable bonds is 8. The lowest BCUT2D eigenvalue weighted by Gasteiger charge is -2.33. The Kier molecular flexibility index (Phi) is 7.19. The Morgan fingerprint density at radius 3 is 2.34 bits per heavy atom. The van der Waals surface area contributed by atoms with Crippen LogP contribution < -0.4 is 10.2 Å². The summed E-state index contributed by atoms with van der Waals surface area (Å²) in [5, 5.41) is 13.1. The van der Waals surface area contributed by atoms with Crippen LogP contribution in [0.3, 0.4) is 0 Å². The third-order valence-corrected chi connectivity index (χ3v) is 8.06. The number of nitrogens with one attached hydrogen (secondary N) is 1. The molecule has 0 saturated heterocycles. The summed E-state index contributed by atoms with van der Waals surface area (Å²) in [6.45, 7) is 2.30. The van der Waals surface area contributed by atoms with Gasteiger partial charge in [0.15, 0.2) is 11.5 Å². The summed E-state index contributed by atoms with van der Waals surface area (Å²) < 4.78 is 41.4. The van der Waals surface area contributed by atoms with Crippen molar-refractivity contribution in [2.45, 2.75) is 83.1 Å². The van der Waals surface area contributed by atoms with Gasteiger partial charge < -0.3 is 19.9 Å². The highest BCUT2D eigenvalue weighted by Crippen LogP contribution is 2.35. The summed E-state index contributed by atoms with van der Waals surface area (Å²) >= 11 is 0. The summed E-state index contributed by atoms with van der Waals surface area (Å²) in [4.78, 5) is 27.4. The molecule has 2 aliphatic rings. The van der Waals surface area contributed by atoms with Crippen LogP contribution in [-0.4, -0.2) is 49.7 Å². The van der Waals surface area contributed by atoms with Crippen LogP contribution in [0.25, 0.3) is 11.2 Å². The van der Waals surface area contributed by atoms with Gasteiger partial charge in [-0.2, -0.15) is 18.2 Å². The Hall–Kier alpha value is -3.37. The van der Waals surface area contributed by atoms with Crippen molar-refractivity contribution >= 4 is 28.9 Å². The van der Waals surface area contributed by atoms with E-state index in [0.717, 1.165) is 50.7 Å². The molecule has 1 atom stereocenters. The zero-order valence-corrected chi connectivity index (χ0v) is 21.6.